The zero-order valence-electron chi connectivity index (χ0n) is 19.5. The molecule has 168 valence electrons. The monoisotopic (exact) mass is 416 g/mol. The van der Waals surface area contributed by atoms with Gasteiger partial charge in [0.1, 0.15) is 5.75 Å². The van der Waals surface area contributed by atoms with Crippen molar-refractivity contribution in [3.05, 3.63) is 35.9 Å². The summed E-state index contributed by atoms with van der Waals surface area (Å²) in [7, 11) is 4.90. The van der Waals surface area contributed by atoms with E-state index in [0.29, 0.717) is 17.9 Å². The molecule has 3 aliphatic heterocycles. The van der Waals surface area contributed by atoms with Gasteiger partial charge < -0.3 is 19.8 Å². The molecule has 1 spiro atoms. The van der Waals surface area contributed by atoms with Crippen molar-refractivity contribution in [2.75, 3.05) is 39.3 Å². The number of ether oxygens (including phenoxy) is 1. The van der Waals surface area contributed by atoms with Crippen LogP contribution in [0.25, 0.3) is 0 Å². The highest BCUT2D eigenvalue weighted by Gasteiger charge is 2.66. The Morgan fingerprint density at radius 1 is 1.20 bits per heavy atom. The van der Waals surface area contributed by atoms with Gasteiger partial charge in [-0.05, 0) is 42.9 Å². The molecular weight excluding hydrogens is 376 g/mol. The zero-order valence-corrected chi connectivity index (χ0v) is 19.5. The third kappa shape index (κ3) is 3.09. The number of likely N-dealkylation sites (N-methyl/N-ethyl adjacent to an activating group) is 1. The molecule has 4 aliphatic rings. The molecule has 2 fully saturated rings. The lowest BCUT2D eigenvalue weighted by Crippen LogP contribution is -2.72. The summed E-state index contributed by atoms with van der Waals surface area (Å²) in [6.07, 6.45) is 7.86. The SMILES string of the molecule is CC.CCC1C(O)C2N(C)c3cc(OC)ccc3C23CCCN2CC=CC1C23.CO. The van der Waals surface area contributed by atoms with Gasteiger partial charge in [0.2, 0.25) is 0 Å². The summed E-state index contributed by atoms with van der Waals surface area (Å²) in [5, 5.41) is 18.5. The minimum absolute atomic E-state index is 0.0229. The fraction of sp³-hybridized carbons (Fsp3) is 0.680. The second-order valence-electron chi connectivity index (χ2n) is 8.59. The molecule has 2 N–H and O–H groups in total. The van der Waals surface area contributed by atoms with E-state index in [0.717, 1.165) is 25.8 Å². The highest BCUT2D eigenvalue weighted by Crippen LogP contribution is 2.61. The van der Waals surface area contributed by atoms with Crippen LogP contribution in [-0.4, -0.2) is 67.7 Å². The molecule has 0 aromatic heterocycles. The van der Waals surface area contributed by atoms with Crippen molar-refractivity contribution in [2.45, 2.75) is 63.6 Å². The van der Waals surface area contributed by atoms with Gasteiger partial charge in [-0.15, -0.1) is 0 Å². The molecule has 6 unspecified atom stereocenters. The molecule has 1 saturated carbocycles. The number of nitrogens with zero attached hydrogens (tertiary/aromatic N) is 2. The predicted octanol–water partition coefficient (Wildman–Crippen LogP) is 3.44. The van der Waals surface area contributed by atoms with Gasteiger partial charge in [0.05, 0.1) is 19.3 Å². The Balaban J connectivity index is 0.000000606. The molecule has 1 aromatic rings. The summed E-state index contributed by atoms with van der Waals surface area (Å²) in [6.45, 7) is 8.47. The van der Waals surface area contributed by atoms with Gasteiger partial charge in [-0.25, -0.2) is 0 Å². The van der Waals surface area contributed by atoms with Crippen molar-refractivity contribution < 1.29 is 14.9 Å². The second-order valence-corrected chi connectivity index (χ2v) is 8.59. The molecular formula is C25H40N2O3. The largest absolute Gasteiger partial charge is 0.497 e. The maximum Gasteiger partial charge on any atom is 0.120 e. The fourth-order valence-corrected chi connectivity index (χ4v) is 6.92. The first kappa shape index (κ1) is 23.1. The number of anilines is 1. The van der Waals surface area contributed by atoms with Crippen LogP contribution in [0.15, 0.2) is 30.4 Å². The summed E-state index contributed by atoms with van der Waals surface area (Å²) in [4.78, 5) is 5.06. The number of benzene rings is 1. The highest BCUT2D eigenvalue weighted by molar-refractivity contribution is 5.68. The summed E-state index contributed by atoms with van der Waals surface area (Å²) in [5.41, 5.74) is 2.70. The van der Waals surface area contributed by atoms with E-state index in [4.69, 9.17) is 9.84 Å². The van der Waals surface area contributed by atoms with E-state index in [-0.39, 0.29) is 17.6 Å². The number of hydrogen-bond donors (Lipinski definition) is 2. The van der Waals surface area contributed by atoms with E-state index >= 15 is 0 Å². The van der Waals surface area contributed by atoms with Crippen LogP contribution in [-0.2, 0) is 5.41 Å². The van der Waals surface area contributed by atoms with E-state index in [2.05, 4.69) is 54.1 Å². The topological polar surface area (TPSA) is 56.2 Å². The Morgan fingerprint density at radius 3 is 2.60 bits per heavy atom. The average molecular weight is 417 g/mol. The van der Waals surface area contributed by atoms with Crippen LogP contribution in [0.4, 0.5) is 5.69 Å². The van der Waals surface area contributed by atoms with Crippen molar-refractivity contribution in [1.29, 1.82) is 0 Å². The molecule has 0 radical (unpaired) electrons. The quantitative estimate of drug-likeness (QED) is 0.724. The van der Waals surface area contributed by atoms with Crippen molar-refractivity contribution in [2.24, 2.45) is 11.8 Å². The van der Waals surface area contributed by atoms with Crippen LogP contribution in [0.2, 0.25) is 0 Å². The van der Waals surface area contributed by atoms with Gasteiger partial charge in [0.15, 0.2) is 0 Å². The van der Waals surface area contributed by atoms with E-state index < -0.39 is 0 Å². The van der Waals surface area contributed by atoms with E-state index in [9.17, 15) is 5.11 Å². The number of aliphatic hydroxyl groups excluding tert-OH is 2. The van der Waals surface area contributed by atoms with E-state index in [1.165, 1.54) is 30.6 Å². The molecule has 5 nitrogen and oxygen atoms in total. The number of fused-ring (bicyclic) bond motifs is 1. The fourth-order valence-electron chi connectivity index (χ4n) is 6.92. The number of rotatable bonds is 2. The zero-order chi connectivity index (χ0) is 22.1. The average Bonchev–Trinajstić information content (AvgIpc) is 3.05. The number of methoxy groups -OCH3 is 1. The van der Waals surface area contributed by atoms with Crippen molar-refractivity contribution >= 4 is 5.69 Å². The van der Waals surface area contributed by atoms with Gasteiger partial charge in [-0.3, -0.25) is 4.90 Å². The van der Waals surface area contributed by atoms with Crippen molar-refractivity contribution in [1.82, 2.24) is 4.90 Å². The summed E-state index contributed by atoms with van der Waals surface area (Å²) >= 11 is 0. The third-order valence-corrected chi connectivity index (χ3v) is 7.78. The lowest BCUT2D eigenvalue weighted by molar-refractivity contribution is -0.0886. The minimum Gasteiger partial charge on any atom is -0.497 e. The number of aliphatic hydroxyl groups is 2. The molecule has 3 heterocycles. The number of piperidine rings is 1. The van der Waals surface area contributed by atoms with Gasteiger partial charge in [-0.1, -0.05) is 45.4 Å². The second kappa shape index (κ2) is 9.29. The molecule has 1 saturated heterocycles. The molecule has 1 aliphatic carbocycles. The van der Waals surface area contributed by atoms with Crippen LogP contribution < -0.4 is 9.64 Å². The molecule has 5 rings (SSSR count). The molecule has 5 heteroatoms. The Kier molecular flexibility index (Phi) is 7.16. The van der Waals surface area contributed by atoms with E-state index in [1.807, 2.05) is 13.8 Å². The Hall–Kier alpha value is -1.56. The summed E-state index contributed by atoms with van der Waals surface area (Å²) < 4.78 is 5.51. The minimum atomic E-state index is -0.299. The first-order valence-corrected chi connectivity index (χ1v) is 11.6. The first-order valence-electron chi connectivity index (χ1n) is 11.6. The Bertz CT molecular complexity index is 752. The van der Waals surface area contributed by atoms with E-state index in [1.54, 1.807) is 7.11 Å². The highest BCUT2D eigenvalue weighted by atomic mass is 16.5. The van der Waals surface area contributed by atoms with Crippen LogP contribution in [0.1, 0.15) is 45.6 Å². The third-order valence-electron chi connectivity index (χ3n) is 7.78. The van der Waals surface area contributed by atoms with Crippen molar-refractivity contribution in [3.63, 3.8) is 0 Å². The van der Waals surface area contributed by atoms with Gasteiger partial charge in [0, 0.05) is 43.9 Å². The molecule has 0 amide bonds. The van der Waals surface area contributed by atoms with Gasteiger partial charge in [0.25, 0.3) is 0 Å². The van der Waals surface area contributed by atoms with Gasteiger partial charge in [-0.2, -0.15) is 0 Å². The standard InChI is InChI=1S/C22H30N2O2.C2H6.CH4O/c1-4-15-16-7-5-11-24-12-6-10-22(20(16)24)17-9-8-14(26-3)13-18(17)23(2)21(22)19(15)25;2*1-2/h5,7-9,13,15-16,19-21,25H,4,6,10-12H2,1-3H3;1-2H3;2H,1H3. The smallest absolute Gasteiger partial charge is 0.120 e. The Labute approximate surface area is 182 Å². The molecule has 6 atom stereocenters. The summed E-state index contributed by atoms with van der Waals surface area (Å²) in [5.74, 6) is 1.68. The lowest BCUT2D eigenvalue weighted by atomic mass is 9.52. The predicted molar refractivity (Wildman–Crippen MR) is 123 cm³/mol. The van der Waals surface area contributed by atoms with Crippen LogP contribution in [0.5, 0.6) is 5.75 Å². The maximum atomic E-state index is 11.5. The van der Waals surface area contributed by atoms with Crippen LogP contribution >= 0.6 is 0 Å². The Morgan fingerprint density at radius 2 is 1.93 bits per heavy atom. The lowest BCUT2D eigenvalue weighted by Gasteiger charge is -2.62. The maximum absolute atomic E-state index is 11.5. The normalized spacial score (nSPS) is 35.7. The molecule has 1 aromatic carbocycles. The molecule has 30 heavy (non-hydrogen) atoms. The van der Waals surface area contributed by atoms with Crippen molar-refractivity contribution in [3.8, 4) is 5.75 Å². The van der Waals surface area contributed by atoms with Gasteiger partial charge >= 0.3 is 0 Å². The summed E-state index contributed by atoms with van der Waals surface area (Å²) in [6, 6.07) is 7.21. The number of hydrogen-bond acceptors (Lipinski definition) is 5. The van der Waals surface area contributed by atoms with Crippen LogP contribution in [0, 0.1) is 11.8 Å². The first-order chi connectivity index (χ1) is 14.6. The molecule has 0 bridgehead atoms. The van der Waals surface area contributed by atoms with Crippen LogP contribution in [0.3, 0.4) is 0 Å².